The fraction of sp³-hybridized carbons (Fsp3) is 0.300. The molecule has 0 bridgehead atoms. The summed E-state index contributed by atoms with van der Waals surface area (Å²) >= 11 is 6.69. The van der Waals surface area contributed by atoms with Gasteiger partial charge in [0, 0.05) is 18.4 Å². The highest BCUT2D eigenvalue weighted by Gasteiger charge is 2.50. The van der Waals surface area contributed by atoms with Gasteiger partial charge in [-0.05, 0) is 63.0 Å². The van der Waals surface area contributed by atoms with Gasteiger partial charge in [-0.15, -0.1) is 11.8 Å². The summed E-state index contributed by atoms with van der Waals surface area (Å²) in [5, 5.41) is 9.42. The lowest BCUT2D eigenvalue weighted by atomic mass is 10.0. The van der Waals surface area contributed by atoms with Crippen molar-refractivity contribution < 1.29 is 9.18 Å². The Hall–Kier alpha value is -2.50. The summed E-state index contributed by atoms with van der Waals surface area (Å²) in [6.45, 7) is 5.81. The van der Waals surface area contributed by atoms with Crippen molar-refractivity contribution in [3.63, 3.8) is 0 Å². The maximum Gasteiger partial charge on any atom is 0.258 e. The number of pyridine rings is 1. The van der Waals surface area contributed by atoms with E-state index in [1.165, 1.54) is 17.0 Å². The number of aromatic nitrogens is 1. The van der Waals surface area contributed by atoms with Crippen molar-refractivity contribution in [3.8, 4) is 6.07 Å². The van der Waals surface area contributed by atoms with Gasteiger partial charge in [0.25, 0.3) is 5.91 Å². The van der Waals surface area contributed by atoms with Crippen LogP contribution in [0.1, 0.15) is 30.7 Å². The lowest BCUT2D eigenvalue weighted by molar-refractivity contribution is -0.123. The van der Waals surface area contributed by atoms with Crippen LogP contribution in [0.15, 0.2) is 35.4 Å². The number of hydrogen-bond donors (Lipinski definition) is 0. The number of thioether (sulfide) groups is 1. The van der Waals surface area contributed by atoms with Crippen LogP contribution in [-0.4, -0.2) is 32.7 Å². The van der Waals surface area contributed by atoms with Crippen LogP contribution in [0.4, 0.5) is 10.1 Å². The fourth-order valence-corrected chi connectivity index (χ4v) is 4.19. The van der Waals surface area contributed by atoms with Crippen LogP contribution in [-0.2, 0) is 11.3 Å². The number of carbonyl (C=O) groups is 1. The molecule has 1 aromatic heterocycles. The van der Waals surface area contributed by atoms with Crippen molar-refractivity contribution in [2.24, 2.45) is 0 Å². The van der Waals surface area contributed by atoms with Crippen LogP contribution < -0.4 is 4.90 Å². The van der Waals surface area contributed by atoms with Crippen LogP contribution in [0.2, 0.25) is 0 Å². The van der Waals surface area contributed by atoms with E-state index in [4.69, 9.17) is 12.2 Å². The van der Waals surface area contributed by atoms with E-state index in [0.717, 1.165) is 23.0 Å². The van der Waals surface area contributed by atoms with Gasteiger partial charge in [-0.1, -0.05) is 6.07 Å². The molecule has 1 fully saturated rings. The van der Waals surface area contributed by atoms with Crippen LogP contribution in [0.5, 0.6) is 0 Å². The van der Waals surface area contributed by atoms with Crippen molar-refractivity contribution in [1.29, 1.82) is 5.26 Å². The van der Waals surface area contributed by atoms with Gasteiger partial charge in [-0.25, -0.2) is 4.39 Å². The number of nitrogens with zero attached hydrogens (tertiary/aromatic N) is 4. The highest BCUT2D eigenvalue weighted by atomic mass is 32.2. The first-order valence-electron chi connectivity index (χ1n) is 8.56. The number of hydrogen-bond acceptors (Lipinski definition) is 5. The zero-order chi connectivity index (χ0) is 20.6. The van der Waals surface area contributed by atoms with Gasteiger partial charge in [-0.3, -0.25) is 14.7 Å². The van der Waals surface area contributed by atoms with Crippen LogP contribution in [0, 0.1) is 24.1 Å². The van der Waals surface area contributed by atoms with Crippen molar-refractivity contribution in [2.45, 2.75) is 37.8 Å². The number of rotatable bonds is 4. The molecule has 1 aromatic carbocycles. The van der Waals surface area contributed by atoms with Crippen molar-refractivity contribution in [2.75, 3.05) is 11.2 Å². The quantitative estimate of drug-likeness (QED) is 0.556. The highest BCUT2D eigenvalue weighted by Crippen LogP contribution is 2.37. The first-order valence-corrected chi connectivity index (χ1v) is 10.2. The molecule has 1 amide bonds. The zero-order valence-corrected chi connectivity index (χ0v) is 17.6. The average Bonchev–Trinajstić information content (AvgIpc) is 2.83. The van der Waals surface area contributed by atoms with Gasteiger partial charge in [-0.2, -0.15) is 5.26 Å². The molecular formula is C20H19FN4OS2. The number of halogens is 1. The number of nitriles is 1. The molecule has 0 unspecified atom stereocenters. The minimum absolute atomic E-state index is 0.0657. The Morgan fingerprint density at radius 2 is 2.04 bits per heavy atom. The van der Waals surface area contributed by atoms with Gasteiger partial charge in [0.1, 0.15) is 11.6 Å². The predicted octanol–water partition coefficient (Wildman–Crippen LogP) is 4.04. The minimum Gasteiger partial charge on any atom is -0.330 e. The molecular weight excluding hydrogens is 395 g/mol. The average molecular weight is 415 g/mol. The highest BCUT2D eigenvalue weighted by molar-refractivity contribution is 7.98. The monoisotopic (exact) mass is 414 g/mol. The minimum atomic E-state index is -0.943. The molecule has 0 saturated carbocycles. The molecule has 0 atom stereocenters. The van der Waals surface area contributed by atoms with E-state index in [0.29, 0.717) is 6.54 Å². The van der Waals surface area contributed by atoms with Gasteiger partial charge in [0.15, 0.2) is 10.9 Å². The molecule has 0 radical (unpaired) electrons. The summed E-state index contributed by atoms with van der Waals surface area (Å²) in [5.41, 5.74) is 1.15. The van der Waals surface area contributed by atoms with Crippen molar-refractivity contribution in [1.82, 2.24) is 9.88 Å². The van der Waals surface area contributed by atoms with E-state index >= 15 is 4.39 Å². The second-order valence-electron chi connectivity index (χ2n) is 6.97. The second kappa shape index (κ2) is 7.49. The van der Waals surface area contributed by atoms with Crippen LogP contribution in [0.25, 0.3) is 0 Å². The van der Waals surface area contributed by atoms with E-state index in [9.17, 15) is 10.1 Å². The number of carbonyl (C=O) groups excluding carboxylic acids is 1. The Morgan fingerprint density at radius 3 is 2.61 bits per heavy atom. The number of anilines is 1. The van der Waals surface area contributed by atoms with E-state index in [-0.39, 0.29) is 27.2 Å². The molecule has 144 valence electrons. The number of amides is 1. The summed E-state index contributed by atoms with van der Waals surface area (Å²) in [5.74, 6) is -0.926. The first kappa shape index (κ1) is 20.2. The third-order valence-corrected chi connectivity index (χ3v) is 5.99. The molecule has 0 spiro atoms. The SMILES string of the molecule is CSc1c(C#N)ccc(N2C(=O)C(C)(C)N(Cc3ccc(C)nc3)C2=S)c1F. The van der Waals surface area contributed by atoms with Gasteiger partial charge < -0.3 is 4.90 Å². The molecule has 1 aliphatic heterocycles. The number of benzene rings is 1. The van der Waals surface area contributed by atoms with E-state index in [1.807, 2.05) is 25.1 Å². The smallest absolute Gasteiger partial charge is 0.258 e. The molecule has 8 heteroatoms. The number of thiocarbonyl (C=S) groups is 1. The van der Waals surface area contributed by atoms with E-state index in [2.05, 4.69) is 4.98 Å². The molecule has 1 aliphatic rings. The molecule has 1 saturated heterocycles. The third kappa shape index (κ3) is 3.25. The standard InChI is InChI=1S/C20H19FN4OS2/c1-12-5-6-13(10-23-12)11-24-19(27)25(18(26)20(24,2)3)15-8-7-14(9-22)17(28-4)16(15)21/h5-8,10H,11H2,1-4H3. The summed E-state index contributed by atoms with van der Waals surface area (Å²) < 4.78 is 15.1. The molecule has 28 heavy (non-hydrogen) atoms. The summed E-state index contributed by atoms with van der Waals surface area (Å²) in [6, 6.07) is 8.75. The van der Waals surface area contributed by atoms with Gasteiger partial charge in [0.05, 0.1) is 16.1 Å². The molecule has 5 nitrogen and oxygen atoms in total. The molecule has 0 aliphatic carbocycles. The van der Waals surface area contributed by atoms with E-state index in [1.54, 1.807) is 31.2 Å². The summed E-state index contributed by atoms with van der Waals surface area (Å²) in [4.78, 5) is 20.6. The Kier molecular flexibility index (Phi) is 5.41. The maximum atomic E-state index is 15.1. The normalized spacial score (nSPS) is 15.9. The summed E-state index contributed by atoms with van der Waals surface area (Å²) in [6.07, 6.45) is 3.43. The lowest BCUT2D eigenvalue weighted by Gasteiger charge is -2.29. The third-order valence-electron chi connectivity index (χ3n) is 4.78. The predicted molar refractivity (Wildman–Crippen MR) is 112 cm³/mol. The topological polar surface area (TPSA) is 60.2 Å². The zero-order valence-electron chi connectivity index (χ0n) is 16.0. The number of aryl methyl sites for hydroxylation is 1. The largest absolute Gasteiger partial charge is 0.330 e. The maximum absolute atomic E-state index is 15.1. The van der Waals surface area contributed by atoms with Gasteiger partial charge in [0.2, 0.25) is 0 Å². The summed E-state index contributed by atoms with van der Waals surface area (Å²) in [7, 11) is 0. The lowest BCUT2D eigenvalue weighted by Crippen LogP contribution is -2.43. The first-order chi connectivity index (χ1) is 13.2. The van der Waals surface area contributed by atoms with Gasteiger partial charge >= 0.3 is 0 Å². The second-order valence-corrected chi connectivity index (χ2v) is 8.15. The van der Waals surface area contributed by atoms with Crippen molar-refractivity contribution >= 4 is 40.7 Å². The Morgan fingerprint density at radius 1 is 1.32 bits per heavy atom. The van der Waals surface area contributed by atoms with E-state index < -0.39 is 11.4 Å². The molecule has 2 aromatic rings. The molecule has 0 N–H and O–H groups in total. The fourth-order valence-electron chi connectivity index (χ4n) is 3.09. The van der Waals surface area contributed by atoms with Crippen LogP contribution >= 0.6 is 24.0 Å². The Balaban J connectivity index is 2.02. The van der Waals surface area contributed by atoms with Crippen molar-refractivity contribution in [3.05, 3.63) is 53.1 Å². The molecule has 3 rings (SSSR count). The Labute approximate surface area is 173 Å². The Bertz CT molecular complexity index is 999. The van der Waals surface area contributed by atoms with Crippen LogP contribution in [0.3, 0.4) is 0 Å². The molecule has 2 heterocycles.